The Morgan fingerprint density at radius 1 is 0.974 bits per heavy atom. The van der Waals surface area contributed by atoms with Gasteiger partial charge in [-0.2, -0.15) is 0 Å². The van der Waals surface area contributed by atoms with Crippen LogP contribution in [0.3, 0.4) is 0 Å². The lowest BCUT2D eigenvalue weighted by Gasteiger charge is -2.11. The Labute approximate surface area is 229 Å². The maximum atomic E-state index is 14.0. The lowest BCUT2D eigenvalue weighted by atomic mass is 9.93. The van der Waals surface area contributed by atoms with Gasteiger partial charge in [-0.1, -0.05) is 77.4 Å². The highest BCUT2D eigenvalue weighted by Gasteiger charge is 2.51. The van der Waals surface area contributed by atoms with Crippen LogP contribution in [0.25, 0.3) is 33.6 Å². The number of hydrogen-bond acceptors (Lipinski definition) is 4. The van der Waals surface area contributed by atoms with Gasteiger partial charge in [-0.15, -0.1) is 0 Å². The minimum Gasteiger partial charge on any atom is -0.481 e. The van der Waals surface area contributed by atoms with Gasteiger partial charge < -0.3 is 9.63 Å². The molecule has 1 aliphatic carbocycles. The predicted octanol–water partition coefficient (Wildman–Crippen LogP) is 7.88. The first-order valence-electron chi connectivity index (χ1n) is 12.6. The topological polar surface area (TPSA) is 76.2 Å². The van der Waals surface area contributed by atoms with Crippen molar-refractivity contribution in [3.63, 3.8) is 0 Å². The van der Waals surface area contributed by atoms with E-state index in [0.717, 1.165) is 44.6 Å². The van der Waals surface area contributed by atoms with Gasteiger partial charge in [-0.3, -0.25) is 9.78 Å². The highest BCUT2D eigenvalue weighted by Crippen LogP contribution is 2.48. The minimum atomic E-state index is -0.752. The first-order valence-corrected chi connectivity index (χ1v) is 13.0. The smallest absolute Gasteiger partial charge is 0.314 e. The van der Waals surface area contributed by atoms with E-state index in [1.807, 2.05) is 61.5 Å². The molecular formula is C32H24ClFN2O3. The van der Waals surface area contributed by atoms with Crippen molar-refractivity contribution in [1.82, 2.24) is 10.1 Å². The Morgan fingerprint density at radius 2 is 1.64 bits per heavy atom. The second kappa shape index (κ2) is 9.79. The number of aliphatic carboxylic acids is 1. The summed E-state index contributed by atoms with van der Waals surface area (Å²) in [5, 5.41) is 13.8. The van der Waals surface area contributed by atoms with Crippen molar-refractivity contribution >= 4 is 17.6 Å². The van der Waals surface area contributed by atoms with Gasteiger partial charge in [0.05, 0.1) is 16.1 Å². The SMILES string of the molecule is Cc1noc(-c2ccc(-c3ccc(C4(C(=O)O)CC4)cc3)cc2)c1Cc1cncc(-c2cccc(F)c2Cl)c1. The van der Waals surface area contributed by atoms with Gasteiger partial charge in [-0.25, -0.2) is 4.39 Å². The molecule has 39 heavy (non-hydrogen) atoms. The molecule has 0 radical (unpaired) electrons. The normalized spacial score (nSPS) is 13.8. The largest absolute Gasteiger partial charge is 0.481 e. The van der Waals surface area contributed by atoms with Crippen LogP contribution < -0.4 is 0 Å². The standard InChI is InChI=1S/C32H24ClFN2O3/c1-19-27(16-20-15-24(18-35-17-20)26-3-2-4-28(34)29(26)33)30(39-36-19)23-7-5-21(6-8-23)22-9-11-25(12-10-22)32(13-14-32)31(37)38/h2-12,15,17-18H,13-14,16H2,1H3,(H,37,38). The van der Waals surface area contributed by atoms with E-state index in [1.165, 1.54) is 6.07 Å². The molecule has 5 aromatic rings. The molecule has 1 saturated carbocycles. The zero-order valence-electron chi connectivity index (χ0n) is 21.1. The van der Waals surface area contributed by atoms with E-state index in [2.05, 4.69) is 10.1 Å². The number of benzene rings is 3. The Kier molecular flexibility index (Phi) is 6.28. The number of halogens is 2. The van der Waals surface area contributed by atoms with Gasteiger partial charge in [0.25, 0.3) is 0 Å². The van der Waals surface area contributed by atoms with Crippen LogP contribution in [-0.4, -0.2) is 21.2 Å². The molecule has 2 aromatic heterocycles. The first kappa shape index (κ1) is 25.0. The summed E-state index contributed by atoms with van der Waals surface area (Å²) < 4.78 is 19.7. The fourth-order valence-electron chi connectivity index (χ4n) is 5.03. The molecule has 0 saturated heterocycles. The van der Waals surface area contributed by atoms with E-state index < -0.39 is 17.2 Å². The number of pyridine rings is 1. The van der Waals surface area contributed by atoms with E-state index in [-0.39, 0.29) is 5.02 Å². The van der Waals surface area contributed by atoms with Crippen molar-refractivity contribution in [2.24, 2.45) is 0 Å². The molecule has 1 aliphatic rings. The molecule has 2 heterocycles. The van der Waals surface area contributed by atoms with Crippen molar-refractivity contribution in [3.05, 3.63) is 118 Å². The van der Waals surface area contributed by atoms with Gasteiger partial charge in [0.1, 0.15) is 5.82 Å². The first-order chi connectivity index (χ1) is 18.9. The van der Waals surface area contributed by atoms with Crippen molar-refractivity contribution in [2.75, 3.05) is 0 Å². The summed E-state index contributed by atoms with van der Waals surface area (Å²) in [4.78, 5) is 16.0. The molecular weight excluding hydrogens is 515 g/mol. The Bertz CT molecular complexity index is 1690. The number of aromatic nitrogens is 2. The van der Waals surface area contributed by atoms with E-state index in [0.29, 0.717) is 30.6 Å². The van der Waals surface area contributed by atoms with Crippen molar-refractivity contribution in [2.45, 2.75) is 31.6 Å². The number of rotatable bonds is 7. The molecule has 0 amide bonds. The van der Waals surface area contributed by atoms with Gasteiger partial charge in [-0.05, 0) is 54.2 Å². The summed E-state index contributed by atoms with van der Waals surface area (Å²) in [6.45, 7) is 1.91. The summed E-state index contributed by atoms with van der Waals surface area (Å²) in [5.74, 6) is -0.540. The lowest BCUT2D eigenvalue weighted by Crippen LogP contribution is -2.19. The van der Waals surface area contributed by atoms with Crippen LogP contribution in [0.1, 0.15) is 35.2 Å². The summed E-state index contributed by atoms with van der Waals surface area (Å²) in [7, 11) is 0. The number of carboxylic acids is 1. The molecule has 0 aliphatic heterocycles. The molecule has 6 rings (SSSR count). The van der Waals surface area contributed by atoms with Gasteiger partial charge >= 0.3 is 5.97 Å². The molecule has 0 bridgehead atoms. The summed E-state index contributed by atoms with van der Waals surface area (Å²) in [6.07, 6.45) is 5.36. The molecule has 0 atom stereocenters. The third kappa shape index (κ3) is 4.61. The third-order valence-electron chi connectivity index (χ3n) is 7.50. The molecule has 0 spiro atoms. The molecule has 3 aromatic carbocycles. The van der Waals surface area contributed by atoms with E-state index in [4.69, 9.17) is 16.1 Å². The summed E-state index contributed by atoms with van der Waals surface area (Å²) in [6, 6.07) is 22.5. The van der Waals surface area contributed by atoms with Crippen LogP contribution in [-0.2, 0) is 16.6 Å². The minimum absolute atomic E-state index is 0.0713. The molecule has 5 nitrogen and oxygen atoms in total. The van der Waals surface area contributed by atoms with Crippen molar-refractivity contribution < 1.29 is 18.8 Å². The van der Waals surface area contributed by atoms with Gasteiger partial charge in [0, 0.05) is 41.1 Å². The van der Waals surface area contributed by atoms with Crippen molar-refractivity contribution in [3.8, 4) is 33.6 Å². The molecule has 1 N–H and O–H groups in total. The second-order valence-electron chi connectivity index (χ2n) is 9.98. The zero-order valence-corrected chi connectivity index (χ0v) is 21.9. The highest BCUT2D eigenvalue weighted by atomic mass is 35.5. The van der Waals surface area contributed by atoms with Gasteiger partial charge in [0.2, 0.25) is 0 Å². The predicted molar refractivity (Wildman–Crippen MR) is 148 cm³/mol. The Hall–Kier alpha value is -4.29. The molecule has 1 fully saturated rings. The van der Waals surface area contributed by atoms with E-state index in [1.54, 1.807) is 24.5 Å². The Balaban J connectivity index is 1.25. The van der Waals surface area contributed by atoms with Crippen molar-refractivity contribution in [1.29, 1.82) is 0 Å². The number of hydrogen-bond donors (Lipinski definition) is 1. The second-order valence-corrected chi connectivity index (χ2v) is 10.4. The van der Waals surface area contributed by atoms with Crippen LogP contribution in [0.4, 0.5) is 4.39 Å². The highest BCUT2D eigenvalue weighted by molar-refractivity contribution is 6.33. The number of aryl methyl sites for hydroxylation is 1. The average molecular weight is 539 g/mol. The summed E-state index contributed by atoms with van der Waals surface area (Å²) >= 11 is 6.20. The lowest BCUT2D eigenvalue weighted by molar-refractivity contribution is -0.140. The third-order valence-corrected chi connectivity index (χ3v) is 7.88. The van der Waals surface area contributed by atoms with Crippen LogP contribution in [0, 0.1) is 12.7 Å². The van der Waals surface area contributed by atoms with Crippen LogP contribution in [0.2, 0.25) is 5.02 Å². The average Bonchev–Trinajstić information content (AvgIpc) is 3.70. The van der Waals surface area contributed by atoms with E-state index >= 15 is 0 Å². The van der Waals surface area contributed by atoms with E-state index in [9.17, 15) is 14.3 Å². The quantitative estimate of drug-likeness (QED) is 0.228. The number of carbonyl (C=O) groups is 1. The fraction of sp³-hybridized carbons (Fsp3) is 0.156. The van der Waals surface area contributed by atoms with Crippen LogP contribution in [0.5, 0.6) is 0 Å². The number of carboxylic acid groups (broad SMARTS) is 1. The number of nitrogens with zero attached hydrogens (tertiary/aromatic N) is 2. The maximum absolute atomic E-state index is 14.0. The zero-order chi connectivity index (χ0) is 27.1. The van der Waals surface area contributed by atoms with Gasteiger partial charge in [0.15, 0.2) is 5.76 Å². The maximum Gasteiger partial charge on any atom is 0.314 e. The molecule has 7 heteroatoms. The Morgan fingerprint density at radius 3 is 2.31 bits per heavy atom. The fourth-order valence-corrected chi connectivity index (χ4v) is 5.27. The summed E-state index contributed by atoms with van der Waals surface area (Å²) in [5.41, 5.74) is 7.05. The van der Waals surface area contributed by atoms with Crippen LogP contribution >= 0.6 is 11.6 Å². The molecule has 194 valence electrons. The molecule has 0 unspecified atom stereocenters. The van der Waals surface area contributed by atoms with Crippen LogP contribution in [0.15, 0.2) is 89.7 Å². The monoisotopic (exact) mass is 538 g/mol.